The number of carbonyl (C=O) groups excluding carboxylic acids is 1. The Hall–Kier alpha value is -1.12. The van der Waals surface area contributed by atoms with Crippen molar-refractivity contribution in [1.29, 1.82) is 0 Å². The first-order valence-electron chi connectivity index (χ1n) is 5.32. The minimum atomic E-state index is -0.345. The van der Waals surface area contributed by atoms with Gasteiger partial charge < -0.3 is 0 Å². The zero-order valence-corrected chi connectivity index (χ0v) is 10.5. The van der Waals surface area contributed by atoms with Crippen molar-refractivity contribution in [3.05, 3.63) is 17.5 Å². The molecule has 0 radical (unpaired) electrons. The summed E-state index contributed by atoms with van der Waals surface area (Å²) in [7, 11) is 1.82. The fraction of sp³-hybridized carbons (Fsp3) is 0.667. The Bertz CT molecular complexity index is 369. The second-order valence-electron chi connectivity index (χ2n) is 5.31. The summed E-state index contributed by atoms with van der Waals surface area (Å²) in [6, 6.07) is 1.90. The van der Waals surface area contributed by atoms with Crippen LogP contribution in [-0.2, 0) is 7.05 Å². The average Bonchev–Trinajstić information content (AvgIpc) is 2.44. The smallest absolute Gasteiger partial charge is 0.186 e. The molecule has 84 valence electrons. The third kappa shape index (κ3) is 2.46. The van der Waals surface area contributed by atoms with Crippen LogP contribution in [0.4, 0.5) is 0 Å². The predicted molar refractivity (Wildman–Crippen MR) is 61.1 cm³/mol. The van der Waals surface area contributed by atoms with E-state index >= 15 is 0 Å². The lowest BCUT2D eigenvalue weighted by Crippen LogP contribution is -2.22. The molecule has 3 heteroatoms. The molecule has 0 saturated carbocycles. The van der Waals surface area contributed by atoms with E-state index in [1.54, 1.807) is 4.68 Å². The second kappa shape index (κ2) is 3.80. The molecular weight excluding hydrogens is 188 g/mol. The number of aryl methyl sites for hydroxylation is 1. The molecule has 1 aromatic rings. The lowest BCUT2D eigenvalue weighted by Gasteiger charge is -2.15. The van der Waals surface area contributed by atoms with Crippen LogP contribution in [-0.4, -0.2) is 15.6 Å². The van der Waals surface area contributed by atoms with Gasteiger partial charge in [-0.1, -0.05) is 34.6 Å². The van der Waals surface area contributed by atoms with E-state index in [9.17, 15) is 4.79 Å². The summed E-state index contributed by atoms with van der Waals surface area (Å²) < 4.78 is 1.68. The van der Waals surface area contributed by atoms with Gasteiger partial charge in [-0.2, -0.15) is 5.10 Å². The molecule has 0 bridgehead atoms. The van der Waals surface area contributed by atoms with Crippen LogP contribution in [0.2, 0.25) is 0 Å². The topological polar surface area (TPSA) is 34.9 Å². The Morgan fingerprint density at radius 1 is 1.40 bits per heavy atom. The molecule has 0 fully saturated rings. The summed E-state index contributed by atoms with van der Waals surface area (Å²) in [4.78, 5) is 12.1. The van der Waals surface area contributed by atoms with Crippen LogP contribution < -0.4 is 0 Å². The van der Waals surface area contributed by atoms with Crippen molar-refractivity contribution in [3.63, 3.8) is 0 Å². The molecule has 0 unspecified atom stereocenters. The lowest BCUT2D eigenvalue weighted by atomic mass is 9.88. The van der Waals surface area contributed by atoms with Crippen molar-refractivity contribution in [1.82, 2.24) is 9.78 Å². The number of nitrogens with zero attached hydrogens (tertiary/aromatic N) is 2. The van der Waals surface area contributed by atoms with Crippen LogP contribution in [0.25, 0.3) is 0 Å². The van der Waals surface area contributed by atoms with Gasteiger partial charge in [-0.3, -0.25) is 9.48 Å². The Balaban J connectivity index is 3.11. The molecule has 0 aliphatic heterocycles. The summed E-state index contributed by atoms with van der Waals surface area (Å²) >= 11 is 0. The standard InChI is InChI=1S/C12H20N2O/c1-8(2)9-7-10(14(6)13-9)11(15)12(3,4)5/h7-8H,1-6H3. The minimum Gasteiger partial charge on any atom is -0.292 e. The molecule has 0 spiro atoms. The summed E-state index contributed by atoms with van der Waals surface area (Å²) in [6.07, 6.45) is 0. The van der Waals surface area contributed by atoms with Crippen molar-refractivity contribution < 1.29 is 4.79 Å². The third-order valence-corrected chi connectivity index (χ3v) is 2.40. The number of Topliss-reactive ketones (excluding diaryl/α,β-unsaturated/α-hetero) is 1. The molecule has 0 N–H and O–H groups in total. The highest BCUT2D eigenvalue weighted by Gasteiger charge is 2.26. The van der Waals surface area contributed by atoms with Crippen molar-refractivity contribution in [2.45, 2.75) is 40.5 Å². The maximum absolute atomic E-state index is 12.1. The number of ketones is 1. The van der Waals surface area contributed by atoms with Crippen LogP contribution >= 0.6 is 0 Å². The molecule has 1 heterocycles. The van der Waals surface area contributed by atoms with Gasteiger partial charge in [0.25, 0.3) is 0 Å². The number of carbonyl (C=O) groups is 1. The Kier molecular flexibility index (Phi) is 3.03. The molecule has 0 saturated heterocycles. The van der Waals surface area contributed by atoms with Gasteiger partial charge in [0, 0.05) is 12.5 Å². The second-order valence-corrected chi connectivity index (χ2v) is 5.31. The van der Waals surface area contributed by atoms with E-state index < -0.39 is 0 Å². The Morgan fingerprint density at radius 3 is 2.27 bits per heavy atom. The SMILES string of the molecule is CC(C)c1cc(C(=O)C(C)(C)C)n(C)n1. The number of hydrogen-bond acceptors (Lipinski definition) is 2. The van der Waals surface area contributed by atoms with E-state index in [-0.39, 0.29) is 11.2 Å². The van der Waals surface area contributed by atoms with Crippen LogP contribution in [0.3, 0.4) is 0 Å². The molecule has 0 amide bonds. The van der Waals surface area contributed by atoms with Crippen molar-refractivity contribution in [2.75, 3.05) is 0 Å². The van der Waals surface area contributed by atoms with Crippen LogP contribution in [0, 0.1) is 5.41 Å². The van der Waals surface area contributed by atoms with Gasteiger partial charge in [0.15, 0.2) is 5.78 Å². The first kappa shape index (κ1) is 12.0. The molecular formula is C12H20N2O. The number of hydrogen-bond donors (Lipinski definition) is 0. The molecule has 0 aliphatic carbocycles. The highest BCUT2D eigenvalue weighted by Crippen LogP contribution is 2.22. The molecule has 15 heavy (non-hydrogen) atoms. The summed E-state index contributed by atoms with van der Waals surface area (Å²) in [5.41, 5.74) is 1.33. The van der Waals surface area contributed by atoms with Crippen LogP contribution in [0.5, 0.6) is 0 Å². The van der Waals surface area contributed by atoms with E-state index in [1.807, 2.05) is 33.9 Å². The van der Waals surface area contributed by atoms with Gasteiger partial charge in [-0.15, -0.1) is 0 Å². The molecule has 3 nitrogen and oxygen atoms in total. The molecule has 0 aliphatic rings. The summed E-state index contributed by atoms with van der Waals surface area (Å²) in [5, 5.41) is 4.34. The third-order valence-electron chi connectivity index (χ3n) is 2.40. The highest BCUT2D eigenvalue weighted by molar-refractivity contribution is 5.98. The van der Waals surface area contributed by atoms with Crippen molar-refractivity contribution >= 4 is 5.78 Å². The van der Waals surface area contributed by atoms with Gasteiger partial charge in [0.2, 0.25) is 0 Å². The summed E-state index contributed by atoms with van der Waals surface area (Å²) in [6.45, 7) is 9.94. The number of rotatable bonds is 2. The Morgan fingerprint density at radius 2 is 1.93 bits per heavy atom. The van der Waals surface area contributed by atoms with Gasteiger partial charge in [0.05, 0.1) is 5.69 Å². The quantitative estimate of drug-likeness (QED) is 0.700. The number of aromatic nitrogens is 2. The van der Waals surface area contributed by atoms with Gasteiger partial charge >= 0.3 is 0 Å². The predicted octanol–water partition coefficient (Wildman–Crippen LogP) is 2.77. The van der Waals surface area contributed by atoms with Gasteiger partial charge in [-0.05, 0) is 12.0 Å². The van der Waals surface area contributed by atoms with Gasteiger partial charge in [-0.25, -0.2) is 0 Å². The largest absolute Gasteiger partial charge is 0.292 e. The first-order chi connectivity index (χ1) is 6.73. The zero-order chi connectivity index (χ0) is 11.8. The van der Waals surface area contributed by atoms with Crippen molar-refractivity contribution in [2.24, 2.45) is 12.5 Å². The lowest BCUT2D eigenvalue weighted by molar-refractivity contribution is 0.0848. The van der Waals surface area contributed by atoms with E-state index in [0.717, 1.165) is 5.69 Å². The molecule has 0 atom stereocenters. The first-order valence-corrected chi connectivity index (χ1v) is 5.32. The molecule has 1 aromatic heterocycles. The summed E-state index contributed by atoms with van der Waals surface area (Å²) in [5.74, 6) is 0.502. The normalized spacial score (nSPS) is 12.2. The maximum atomic E-state index is 12.1. The van der Waals surface area contributed by atoms with Crippen LogP contribution in [0.15, 0.2) is 6.07 Å². The highest BCUT2D eigenvalue weighted by atomic mass is 16.1. The van der Waals surface area contributed by atoms with E-state index in [4.69, 9.17) is 0 Å². The minimum absolute atomic E-state index is 0.143. The van der Waals surface area contributed by atoms with Crippen molar-refractivity contribution in [3.8, 4) is 0 Å². The maximum Gasteiger partial charge on any atom is 0.186 e. The average molecular weight is 208 g/mol. The zero-order valence-electron chi connectivity index (χ0n) is 10.5. The van der Waals surface area contributed by atoms with Gasteiger partial charge in [0.1, 0.15) is 5.69 Å². The van der Waals surface area contributed by atoms with E-state index in [2.05, 4.69) is 18.9 Å². The fourth-order valence-electron chi connectivity index (χ4n) is 1.37. The molecule has 0 aromatic carbocycles. The fourth-order valence-corrected chi connectivity index (χ4v) is 1.37. The van der Waals surface area contributed by atoms with E-state index in [1.165, 1.54) is 0 Å². The molecule has 1 rings (SSSR count). The Labute approximate surface area is 91.5 Å². The monoisotopic (exact) mass is 208 g/mol. The van der Waals surface area contributed by atoms with E-state index in [0.29, 0.717) is 11.6 Å². The van der Waals surface area contributed by atoms with Crippen LogP contribution in [0.1, 0.15) is 56.7 Å².